The van der Waals surface area contributed by atoms with Crippen molar-refractivity contribution in [3.05, 3.63) is 96.1 Å². The third-order valence-corrected chi connectivity index (χ3v) is 6.63. The molecule has 0 N–H and O–H groups in total. The molecule has 1 aliphatic heterocycles. The fourth-order valence-electron chi connectivity index (χ4n) is 4.21. The lowest BCUT2D eigenvalue weighted by Crippen LogP contribution is -2.47. The molecule has 5 nitrogen and oxygen atoms in total. The van der Waals surface area contributed by atoms with Crippen LogP contribution in [-0.2, 0) is 10.0 Å². The zero-order valence-corrected chi connectivity index (χ0v) is 17.8. The smallest absolute Gasteiger partial charge is 0.258 e. The largest absolute Gasteiger partial charge is 0.305 e. The van der Waals surface area contributed by atoms with Gasteiger partial charge in [0.05, 0.1) is 18.0 Å². The molecule has 3 aromatic carbocycles. The maximum absolute atomic E-state index is 13.3. The van der Waals surface area contributed by atoms with Crippen LogP contribution in [0.3, 0.4) is 0 Å². The maximum atomic E-state index is 13.3. The first-order valence-corrected chi connectivity index (χ1v) is 11.7. The number of fused-ring (bicyclic) bond motifs is 1. The molecule has 154 valence electrons. The molecule has 0 spiro atoms. The Labute approximate surface area is 177 Å². The number of carbonyl (C=O) groups excluding carboxylic acids is 1. The minimum Gasteiger partial charge on any atom is -0.305 e. The van der Waals surface area contributed by atoms with Crippen LogP contribution in [0.4, 0.5) is 11.4 Å². The van der Waals surface area contributed by atoms with Crippen molar-refractivity contribution >= 4 is 27.3 Å². The normalized spacial score (nSPS) is 18.5. The standard InChI is InChI=1S/C24H24N2O3S/c1-18-17-23(26(30(2,28)29)20-13-7-4-8-14-20)21-15-9-10-16-22(21)25(18)24(27)19-11-5-3-6-12-19/h3-16,18,23H,17H2,1-2H3/t18-,23-/m0/s1. The van der Waals surface area contributed by atoms with Gasteiger partial charge in [-0.1, -0.05) is 54.6 Å². The Hall–Kier alpha value is -3.12. The van der Waals surface area contributed by atoms with Crippen LogP contribution in [0.2, 0.25) is 0 Å². The van der Waals surface area contributed by atoms with Crippen molar-refractivity contribution in [2.45, 2.75) is 25.4 Å². The Morgan fingerprint density at radius 2 is 1.47 bits per heavy atom. The van der Waals surface area contributed by atoms with E-state index in [9.17, 15) is 13.2 Å². The van der Waals surface area contributed by atoms with Crippen LogP contribution in [-0.4, -0.2) is 26.6 Å². The number of hydrogen-bond acceptors (Lipinski definition) is 3. The molecule has 30 heavy (non-hydrogen) atoms. The van der Waals surface area contributed by atoms with E-state index in [1.54, 1.807) is 29.2 Å². The van der Waals surface area contributed by atoms with E-state index in [0.29, 0.717) is 17.7 Å². The van der Waals surface area contributed by atoms with Gasteiger partial charge in [0.1, 0.15) is 0 Å². The topological polar surface area (TPSA) is 57.7 Å². The van der Waals surface area contributed by atoms with Gasteiger partial charge in [-0.05, 0) is 49.2 Å². The first-order chi connectivity index (χ1) is 14.4. The van der Waals surface area contributed by atoms with Crippen molar-refractivity contribution < 1.29 is 13.2 Å². The molecule has 0 bridgehead atoms. The van der Waals surface area contributed by atoms with Crippen molar-refractivity contribution in [3.63, 3.8) is 0 Å². The van der Waals surface area contributed by atoms with Crippen LogP contribution in [0, 0.1) is 0 Å². The highest BCUT2D eigenvalue weighted by molar-refractivity contribution is 7.92. The van der Waals surface area contributed by atoms with Crippen molar-refractivity contribution in [2.24, 2.45) is 0 Å². The second-order valence-corrected chi connectivity index (χ2v) is 9.45. The monoisotopic (exact) mass is 420 g/mol. The molecule has 0 fully saturated rings. The summed E-state index contributed by atoms with van der Waals surface area (Å²) in [5.41, 5.74) is 2.81. The van der Waals surface area contributed by atoms with Gasteiger partial charge in [0, 0.05) is 17.3 Å². The van der Waals surface area contributed by atoms with Crippen LogP contribution in [0.5, 0.6) is 0 Å². The van der Waals surface area contributed by atoms with Gasteiger partial charge in [-0.2, -0.15) is 0 Å². The molecule has 4 rings (SSSR count). The Bertz CT molecular complexity index is 1150. The third-order valence-electron chi connectivity index (χ3n) is 5.45. The van der Waals surface area contributed by atoms with Crippen LogP contribution in [0.25, 0.3) is 0 Å². The number of sulfonamides is 1. The van der Waals surface area contributed by atoms with Gasteiger partial charge in [-0.3, -0.25) is 9.10 Å². The molecule has 0 aliphatic carbocycles. The van der Waals surface area contributed by atoms with E-state index in [-0.39, 0.29) is 11.9 Å². The Morgan fingerprint density at radius 3 is 2.10 bits per heavy atom. The number of anilines is 2. The quantitative estimate of drug-likeness (QED) is 0.618. The molecule has 0 saturated carbocycles. The summed E-state index contributed by atoms with van der Waals surface area (Å²) in [6, 6.07) is 25.3. The molecule has 2 atom stereocenters. The zero-order valence-electron chi connectivity index (χ0n) is 17.0. The van der Waals surface area contributed by atoms with Crippen molar-refractivity contribution in [1.82, 2.24) is 0 Å². The highest BCUT2D eigenvalue weighted by atomic mass is 32.2. The number of nitrogens with zero attached hydrogens (tertiary/aromatic N) is 2. The second kappa shape index (κ2) is 7.95. The Balaban J connectivity index is 1.83. The summed E-state index contributed by atoms with van der Waals surface area (Å²) in [5.74, 6) is -0.0837. The van der Waals surface area contributed by atoms with Gasteiger partial charge in [-0.15, -0.1) is 0 Å². The fourth-order valence-corrected chi connectivity index (χ4v) is 5.38. The lowest BCUT2D eigenvalue weighted by atomic mass is 9.90. The van der Waals surface area contributed by atoms with Crippen molar-refractivity contribution in [2.75, 3.05) is 15.5 Å². The summed E-state index contributed by atoms with van der Waals surface area (Å²) in [4.78, 5) is 15.1. The average Bonchev–Trinajstić information content (AvgIpc) is 2.74. The average molecular weight is 421 g/mol. The van der Waals surface area contributed by atoms with E-state index in [1.807, 2.05) is 67.6 Å². The van der Waals surface area contributed by atoms with E-state index in [2.05, 4.69) is 0 Å². The summed E-state index contributed by atoms with van der Waals surface area (Å²) in [5, 5.41) is 0. The van der Waals surface area contributed by atoms with Gasteiger partial charge in [0.15, 0.2) is 0 Å². The highest BCUT2D eigenvalue weighted by Crippen LogP contribution is 2.43. The lowest BCUT2D eigenvalue weighted by molar-refractivity contribution is 0.0974. The minimum atomic E-state index is -3.54. The highest BCUT2D eigenvalue weighted by Gasteiger charge is 2.39. The number of para-hydroxylation sites is 2. The predicted octanol–water partition coefficient (Wildman–Crippen LogP) is 4.63. The summed E-state index contributed by atoms with van der Waals surface area (Å²) in [6.45, 7) is 1.97. The molecular weight excluding hydrogens is 396 g/mol. The van der Waals surface area contributed by atoms with Crippen molar-refractivity contribution in [3.8, 4) is 0 Å². The summed E-state index contributed by atoms with van der Waals surface area (Å²) >= 11 is 0. The number of hydrogen-bond donors (Lipinski definition) is 0. The van der Waals surface area contributed by atoms with Crippen LogP contribution >= 0.6 is 0 Å². The van der Waals surface area contributed by atoms with E-state index in [4.69, 9.17) is 0 Å². The van der Waals surface area contributed by atoms with E-state index in [0.717, 1.165) is 11.3 Å². The molecule has 6 heteroatoms. The van der Waals surface area contributed by atoms with Crippen LogP contribution in [0.1, 0.15) is 35.3 Å². The van der Waals surface area contributed by atoms with Crippen LogP contribution < -0.4 is 9.21 Å². The van der Waals surface area contributed by atoms with Crippen molar-refractivity contribution in [1.29, 1.82) is 0 Å². The maximum Gasteiger partial charge on any atom is 0.258 e. The number of amides is 1. The molecule has 1 amide bonds. The minimum absolute atomic E-state index is 0.0837. The van der Waals surface area contributed by atoms with Gasteiger partial charge < -0.3 is 4.90 Å². The van der Waals surface area contributed by atoms with E-state index >= 15 is 0 Å². The number of benzene rings is 3. The van der Waals surface area contributed by atoms with Gasteiger partial charge in [0.2, 0.25) is 10.0 Å². The molecule has 1 aliphatic rings. The molecule has 0 unspecified atom stereocenters. The Kier molecular flexibility index (Phi) is 5.35. The summed E-state index contributed by atoms with van der Waals surface area (Å²) < 4.78 is 27.1. The molecule has 3 aromatic rings. The first kappa shape index (κ1) is 20.2. The Morgan fingerprint density at radius 1 is 0.900 bits per heavy atom. The van der Waals surface area contributed by atoms with E-state index in [1.165, 1.54) is 10.6 Å². The number of carbonyl (C=O) groups is 1. The molecular formula is C24H24N2O3S. The van der Waals surface area contributed by atoms with Gasteiger partial charge in [0.25, 0.3) is 5.91 Å². The van der Waals surface area contributed by atoms with Gasteiger partial charge in [-0.25, -0.2) is 8.42 Å². The molecule has 1 heterocycles. The number of rotatable bonds is 4. The lowest BCUT2D eigenvalue weighted by Gasteiger charge is -2.43. The zero-order chi connectivity index (χ0) is 21.3. The fraction of sp³-hybridized carbons (Fsp3) is 0.208. The summed E-state index contributed by atoms with van der Waals surface area (Å²) in [7, 11) is -3.54. The molecule has 0 saturated heterocycles. The predicted molar refractivity (Wildman–Crippen MR) is 120 cm³/mol. The first-order valence-electron chi connectivity index (χ1n) is 9.90. The second-order valence-electron chi connectivity index (χ2n) is 7.59. The van der Waals surface area contributed by atoms with Crippen LogP contribution in [0.15, 0.2) is 84.9 Å². The molecule has 0 radical (unpaired) electrons. The van der Waals surface area contributed by atoms with E-state index < -0.39 is 16.1 Å². The SMILES string of the molecule is C[C@H]1C[C@H](N(c2ccccc2)S(C)(=O)=O)c2ccccc2N1C(=O)c1ccccc1. The van der Waals surface area contributed by atoms with Gasteiger partial charge >= 0.3 is 0 Å². The third kappa shape index (κ3) is 3.71. The molecule has 0 aromatic heterocycles. The summed E-state index contributed by atoms with van der Waals surface area (Å²) in [6.07, 6.45) is 1.73.